The van der Waals surface area contributed by atoms with Crippen molar-refractivity contribution in [2.24, 2.45) is 5.41 Å². The van der Waals surface area contributed by atoms with Crippen LogP contribution in [0.15, 0.2) is 30.3 Å². The second-order valence-corrected chi connectivity index (χ2v) is 5.47. The average molecular weight is 239 g/mol. The maximum absolute atomic E-state index is 11.5. The Bertz CT molecular complexity index is 338. The number of hydrogen-bond donors (Lipinski definition) is 0. The number of carbonyl (C=O) groups is 1. The van der Waals surface area contributed by atoms with Crippen LogP contribution in [-0.4, -0.2) is 11.7 Å². The summed E-state index contributed by atoms with van der Waals surface area (Å²) < 4.78 is 0. The molecule has 0 saturated carbocycles. The topological polar surface area (TPSA) is 17.1 Å². The van der Waals surface area contributed by atoms with E-state index in [1.165, 1.54) is 5.56 Å². The summed E-state index contributed by atoms with van der Waals surface area (Å²) in [5.41, 5.74) is 1.29. The highest BCUT2D eigenvalue weighted by Gasteiger charge is 2.27. The molecule has 88 valence electrons. The fourth-order valence-corrected chi connectivity index (χ4v) is 2.00. The molecule has 0 radical (unpaired) electrons. The van der Waals surface area contributed by atoms with Crippen LogP contribution in [0, 0.1) is 5.41 Å². The van der Waals surface area contributed by atoms with Crippen LogP contribution < -0.4 is 0 Å². The van der Waals surface area contributed by atoms with E-state index in [1.807, 2.05) is 18.2 Å². The lowest BCUT2D eigenvalue weighted by atomic mass is 9.74. The molecule has 2 heteroatoms. The number of carbonyl (C=O) groups excluding carboxylic acids is 1. The summed E-state index contributed by atoms with van der Waals surface area (Å²) in [5.74, 6) is 0.463. The van der Waals surface area contributed by atoms with Crippen molar-refractivity contribution in [3.63, 3.8) is 0 Å². The van der Waals surface area contributed by atoms with Gasteiger partial charge in [-0.1, -0.05) is 51.1 Å². The van der Waals surface area contributed by atoms with Gasteiger partial charge in [-0.3, -0.25) is 4.79 Å². The molecule has 0 unspecified atom stereocenters. The van der Waals surface area contributed by atoms with E-state index in [2.05, 4.69) is 32.9 Å². The van der Waals surface area contributed by atoms with Crippen LogP contribution in [0.5, 0.6) is 0 Å². The van der Waals surface area contributed by atoms with Gasteiger partial charge < -0.3 is 0 Å². The number of rotatable bonds is 4. The van der Waals surface area contributed by atoms with E-state index in [0.717, 1.165) is 0 Å². The molecule has 1 rings (SSSR count). The smallest absolute Gasteiger partial charge is 0.148 e. The zero-order chi connectivity index (χ0) is 12.2. The van der Waals surface area contributed by atoms with Crippen molar-refractivity contribution in [2.75, 3.05) is 5.88 Å². The van der Waals surface area contributed by atoms with Crippen molar-refractivity contribution in [3.8, 4) is 0 Å². The van der Waals surface area contributed by atoms with Crippen molar-refractivity contribution in [1.29, 1.82) is 0 Å². The molecule has 0 aromatic heterocycles. The highest BCUT2D eigenvalue weighted by Crippen LogP contribution is 2.37. The Morgan fingerprint density at radius 2 is 1.81 bits per heavy atom. The molecule has 0 spiro atoms. The zero-order valence-corrected chi connectivity index (χ0v) is 10.9. The highest BCUT2D eigenvalue weighted by atomic mass is 35.5. The van der Waals surface area contributed by atoms with Gasteiger partial charge in [-0.15, -0.1) is 11.6 Å². The van der Waals surface area contributed by atoms with Crippen molar-refractivity contribution in [3.05, 3.63) is 35.9 Å². The summed E-state index contributed by atoms with van der Waals surface area (Å²) in [7, 11) is 0. The van der Waals surface area contributed by atoms with E-state index in [9.17, 15) is 4.79 Å². The molecule has 0 heterocycles. The van der Waals surface area contributed by atoms with E-state index in [1.54, 1.807) is 0 Å². The first kappa shape index (κ1) is 13.2. The first-order chi connectivity index (χ1) is 7.45. The number of ketones is 1. The molecule has 0 aliphatic heterocycles. The highest BCUT2D eigenvalue weighted by molar-refractivity contribution is 6.27. The molecule has 0 N–H and O–H groups in total. The normalized spacial score (nSPS) is 13.5. The van der Waals surface area contributed by atoms with Crippen LogP contribution in [0.25, 0.3) is 0 Å². The van der Waals surface area contributed by atoms with Gasteiger partial charge in [0, 0.05) is 6.42 Å². The van der Waals surface area contributed by atoms with Crippen LogP contribution >= 0.6 is 11.6 Å². The maximum atomic E-state index is 11.5. The quantitative estimate of drug-likeness (QED) is 0.725. The molecule has 1 aromatic rings. The van der Waals surface area contributed by atoms with Gasteiger partial charge in [0.15, 0.2) is 0 Å². The molecule has 0 aliphatic rings. The van der Waals surface area contributed by atoms with Crippen molar-refractivity contribution < 1.29 is 4.79 Å². The average Bonchev–Trinajstić information content (AvgIpc) is 2.25. The predicted octanol–water partition coefficient (Wildman–Crippen LogP) is 4.01. The Morgan fingerprint density at radius 1 is 1.25 bits per heavy atom. The number of alkyl halides is 1. The van der Waals surface area contributed by atoms with E-state index < -0.39 is 0 Å². The van der Waals surface area contributed by atoms with E-state index in [4.69, 9.17) is 11.6 Å². The van der Waals surface area contributed by atoms with Gasteiger partial charge in [0.25, 0.3) is 0 Å². The molecule has 1 aromatic carbocycles. The summed E-state index contributed by atoms with van der Waals surface area (Å²) in [6, 6.07) is 10.2. The molecular weight excluding hydrogens is 220 g/mol. The monoisotopic (exact) mass is 238 g/mol. The Morgan fingerprint density at radius 3 is 2.25 bits per heavy atom. The molecule has 0 saturated heterocycles. The molecule has 0 aliphatic carbocycles. The zero-order valence-electron chi connectivity index (χ0n) is 10.2. The second kappa shape index (κ2) is 5.49. The fraction of sp³-hybridized carbons (Fsp3) is 0.500. The second-order valence-electron chi connectivity index (χ2n) is 5.21. The number of Topliss-reactive ketones (excluding diaryl/α,β-unsaturated/α-hetero) is 1. The van der Waals surface area contributed by atoms with Gasteiger partial charge >= 0.3 is 0 Å². The van der Waals surface area contributed by atoms with Crippen molar-refractivity contribution >= 4 is 17.4 Å². The van der Waals surface area contributed by atoms with Gasteiger partial charge in [-0.2, -0.15) is 0 Å². The van der Waals surface area contributed by atoms with Gasteiger partial charge in [0.1, 0.15) is 5.78 Å². The largest absolute Gasteiger partial charge is 0.298 e. The summed E-state index contributed by atoms with van der Waals surface area (Å²) >= 11 is 5.58. The van der Waals surface area contributed by atoms with E-state index >= 15 is 0 Å². The van der Waals surface area contributed by atoms with Crippen LogP contribution in [0.1, 0.15) is 38.7 Å². The van der Waals surface area contributed by atoms with Crippen molar-refractivity contribution in [2.45, 2.75) is 33.1 Å². The Balaban J connectivity index is 2.93. The maximum Gasteiger partial charge on any atom is 0.148 e. The summed E-state index contributed by atoms with van der Waals surface area (Å²) in [5, 5.41) is 0. The Hall–Kier alpha value is -0.820. The molecule has 16 heavy (non-hydrogen) atoms. The Labute approximate surface area is 103 Å². The van der Waals surface area contributed by atoms with E-state index in [0.29, 0.717) is 6.42 Å². The third kappa shape index (κ3) is 3.64. The van der Waals surface area contributed by atoms with E-state index in [-0.39, 0.29) is 23.0 Å². The number of halogens is 1. The summed E-state index contributed by atoms with van der Waals surface area (Å²) in [4.78, 5) is 11.5. The third-order valence-corrected chi connectivity index (χ3v) is 3.13. The molecular formula is C14H19ClO. The first-order valence-corrected chi connectivity index (χ1v) is 6.11. The minimum Gasteiger partial charge on any atom is -0.298 e. The molecule has 1 atom stereocenters. The van der Waals surface area contributed by atoms with Gasteiger partial charge in [0.2, 0.25) is 0 Å². The minimum atomic E-state index is 0.0725. The molecule has 1 nitrogen and oxygen atoms in total. The van der Waals surface area contributed by atoms with Gasteiger partial charge in [0.05, 0.1) is 5.88 Å². The Kier molecular flexibility index (Phi) is 4.55. The summed E-state index contributed by atoms with van der Waals surface area (Å²) in [6.45, 7) is 6.48. The molecule has 0 amide bonds. The first-order valence-electron chi connectivity index (χ1n) is 5.57. The van der Waals surface area contributed by atoms with Crippen molar-refractivity contribution in [1.82, 2.24) is 0 Å². The number of hydrogen-bond acceptors (Lipinski definition) is 1. The van der Waals surface area contributed by atoms with Gasteiger partial charge in [-0.25, -0.2) is 0 Å². The lowest BCUT2D eigenvalue weighted by Crippen LogP contribution is -2.22. The van der Waals surface area contributed by atoms with Crippen LogP contribution in [0.4, 0.5) is 0 Å². The fourth-order valence-electron chi connectivity index (χ4n) is 1.89. The SMILES string of the molecule is CC(C)(C)[C@H](CC(=O)CCl)c1ccccc1. The predicted molar refractivity (Wildman–Crippen MR) is 69.0 cm³/mol. The third-order valence-electron chi connectivity index (χ3n) is 2.83. The molecule has 0 fully saturated rings. The molecule has 0 bridgehead atoms. The van der Waals surface area contributed by atoms with Crippen LogP contribution in [0.2, 0.25) is 0 Å². The minimum absolute atomic E-state index is 0.0725. The lowest BCUT2D eigenvalue weighted by Gasteiger charge is -2.30. The lowest BCUT2D eigenvalue weighted by molar-refractivity contribution is -0.117. The van der Waals surface area contributed by atoms with Crippen LogP contribution in [-0.2, 0) is 4.79 Å². The number of benzene rings is 1. The van der Waals surface area contributed by atoms with Crippen LogP contribution in [0.3, 0.4) is 0 Å². The van der Waals surface area contributed by atoms with Gasteiger partial charge in [-0.05, 0) is 16.9 Å². The standard InChI is InChI=1S/C14H19ClO/c1-14(2,3)13(9-12(16)10-15)11-7-5-4-6-8-11/h4-8,13H,9-10H2,1-3H3/t13-/m1/s1. The summed E-state index contributed by atoms with van der Waals surface area (Å²) in [6.07, 6.45) is 0.525.